The molecule has 0 spiro atoms. The van der Waals surface area contributed by atoms with Gasteiger partial charge < -0.3 is 15.0 Å². The number of hydrogen-bond acceptors (Lipinski definition) is 5. The molecule has 0 bridgehead atoms. The molecule has 0 fully saturated rings. The first kappa shape index (κ1) is 34.5. The molecule has 0 unspecified atom stereocenters. The van der Waals surface area contributed by atoms with E-state index in [9.17, 15) is 18.0 Å². The summed E-state index contributed by atoms with van der Waals surface area (Å²) in [7, 11) is -2.81. The highest BCUT2D eigenvalue weighted by Crippen LogP contribution is 2.32. The summed E-state index contributed by atoms with van der Waals surface area (Å²) in [5.74, 6) is -0.433. The maximum atomic E-state index is 14.2. The first-order valence-corrected chi connectivity index (χ1v) is 16.3. The Kier molecular flexibility index (Phi) is 12.2. The number of halogens is 3. The van der Waals surface area contributed by atoms with Crippen molar-refractivity contribution >= 4 is 62.3 Å². The standard InChI is InChI=1S/C31H36Cl3N3O5S/c1-6-28(31(39)35-17-20(2)3)36(18-22-9-10-23(32)15-26(22)33)30(38)19-37(24-11-14-29(42-5)27(34)16-24)43(40,41)25-12-7-21(4)8-13-25/h7-16,20,28H,6,17-19H2,1-5H3,(H,35,39)/t28-/m1/s1. The Morgan fingerprint density at radius 3 is 2.19 bits per heavy atom. The van der Waals surface area contributed by atoms with Crippen molar-refractivity contribution in [3.8, 4) is 5.75 Å². The van der Waals surface area contributed by atoms with Gasteiger partial charge in [-0.15, -0.1) is 0 Å². The van der Waals surface area contributed by atoms with Gasteiger partial charge in [0, 0.05) is 23.1 Å². The molecular weight excluding hydrogens is 633 g/mol. The molecule has 12 heteroatoms. The second-order valence-corrected chi connectivity index (χ2v) is 13.6. The van der Waals surface area contributed by atoms with E-state index in [4.69, 9.17) is 39.5 Å². The summed E-state index contributed by atoms with van der Waals surface area (Å²) in [6.07, 6.45) is 0.278. The van der Waals surface area contributed by atoms with Crippen LogP contribution in [0.15, 0.2) is 65.6 Å². The fraction of sp³-hybridized carbons (Fsp3) is 0.355. The predicted octanol–water partition coefficient (Wildman–Crippen LogP) is 6.74. The monoisotopic (exact) mass is 667 g/mol. The Morgan fingerprint density at radius 1 is 0.953 bits per heavy atom. The van der Waals surface area contributed by atoms with E-state index in [0.29, 0.717) is 27.9 Å². The highest BCUT2D eigenvalue weighted by Gasteiger charge is 2.34. The van der Waals surface area contributed by atoms with Crippen LogP contribution in [0.3, 0.4) is 0 Å². The number of rotatable bonds is 13. The number of nitrogens with one attached hydrogen (secondary N) is 1. The Labute approximate surface area is 268 Å². The van der Waals surface area contributed by atoms with Crippen LogP contribution in [-0.2, 0) is 26.2 Å². The average molecular weight is 669 g/mol. The minimum atomic E-state index is -4.25. The molecule has 3 aromatic carbocycles. The van der Waals surface area contributed by atoms with Crippen LogP contribution in [-0.4, -0.2) is 51.4 Å². The topological polar surface area (TPSA) is 96.0 Å². The third kappa shape index (κ3) is 8.79. The lowest BCUT2D eigenvalue weighted by atomic mass is 10.1. The van der Waals surface area contributed by atoms with E-state index in [0.717, 1.165) is 9.87 Å². The summed E-state index contributed by atoms with van der Waals surface area (Å²) < 4.78 is 34.3. The van der Waals surface area contributed by atoms with Gasteiger partial charge in [-0.1, -0.05) is 79.3 Å². The first-order chi connectivity index (χ1) is 20.3. The summed E-state index contributed by atoms with van der Waals surface area (Å²) in [6, 6.07) is 14.7. The van der Waals surface area contributed by atoms with Gasteiger partial charge in [-0.3, -0.25) is 13.9 Å². The van der Waals surface area contributed by atoms with Gasteiger partial charge in [0.15, 0.2) is 0 Å². The molecule has 2 amide bonds. The quantitative estimate of drug-likeness (QED) is 0.218. The molecule has 0 aliphatic heterocycles. The number of anilines is 1. The Morgan fingerprint density at radius 2 is 1.63 bits per heavy atom. The second kappa shape index (κ2) is 15.1. The molecule has 0 aromatic heterocycles. The maximum Gasteiger partial charge on any atom is 0.264 e. The van der Waals surface area contributed by atoms with Crippen LogP contribution in [0.25, 0.3) is 0 Å². The molecule has 1 N–H and O–H groups in total. The van der Waals surface area contributed by atoms with Gasteiger partial charge in [0.2, 0.25) is 11.8 Å². The Balaban J connectivity index is 2.11. The Bertz CT molecular complexity index is 1550. The van der Waals surface area contributed by atoms with Gasteiger partial charge in [0.05, 0.1) is 22.7 Å². The smallest absolute Gasteiger partial charge is 0.264 e. The predicted molar refractivity (Wildman–Crippen MR) is 173 cm³/mol. The summed E-state index contributed by atoms with van der Waals surface area (Å²) in [5, 5.41) is 3.79. The molecule has 1 atom stereocenters. The largest absolute Gasteiger partial charge is 0.495 e. The van der Waals surface area contributed by atoms with E-state index in [1.807, 2.05) is 20.8 Å². The number of carbonyl (C=O) groups is 2. The summed E-state index contributed by atoms with van der Waals surface area (Å²) in [4.78, 5) is 28.9. The van der Waals surface area contributed by atoms with Crippen molar-refractivity contribution in [2.75, 3.05) is 24.5 Å². The lowest BCUT2D eigenvalue weighted by Gasteiger charge is -2.33. The maximum absolute atomic E-state index is 14.2. The van der Waals surface area contributed by atoms with Gasteiger partial charge in [0.1, 0.15) is 18.3 Å². The molecule has 0 saturated heterocycles. The van der Waals surface area contributed by atoms with Crippen molar-refractivity contribution in [1.82, 2.24) is 10.2 Å². The average Bonchev–Trinajstić information content (AvgIpc) is 2.95. The molecule has 3 aromatic rings. The molecule has 8 nitrogen and oxygen atoms in total. The van der Waals surface area contributed by atoms with Crippen LogP contribution in [0.5, 0.6) is 5.75 Å². The van der Waals surface area contributed by atoms with Crippen LogP contribution < -0.4 is 14.4 Å². The lowest BCUT2D eigenvalue weighted by Crippen LogP contribution is -2.52. The Hall–Kier alpha value is -2.98. The number of carbonyl (C=O) groups excluding carboxylic acids is 2. The van der Waals surface area contributed by atoms with Crippen LogP contribution in [0.4, 0.5) is 5.69 Å². The fourth-order valence-corrected chi connectivity index (χ4v) is 6.48. The minimum absolute atomic E-state index is 0.00754. The summed E-state index contributed by atoms with van der Waals surface area (Å²) >= 11 is 18.9. The zero-order valence-corrected chi connectivity index (χ0v) is 27.8. The van der Waals surface area contributed by atoms with Crippen molar-refractivity contribution in [2.45, 2.75) is 51.6 Å². The summed E-state index contributed by atoms with van der Waals surface area (Å²) in [6.45, 7) is 7.31. The van der Waals surface area contributed by atoms with E-state index in [-0.39, 0.29) is 40.4 Å². The zero-order valence-electron chi connectivity index (χ0n) is 24.7. The molecule has 0 heterocycles. The van der Waals surface area contributed by atoms with Crippen molar-refractivity contribution < 1.29 is 22.7 Å². The van der Waals surface area contributed by atoms with Gasteiger partial charge in [-0.2, -0.15) is 0 Å². The van der Waals surface area contributed by atoms with Crippen LogP contribution in [0.1, 0.15) is 38.3 Å². The number of nitrogens with zero attached hydrogens (tertiary/aromatic N) is 2. The van der Waals surface area contributed by atoms with Gasteiger partial charge in [-0.05, 0) is 67.3 Å². The van der Waals surface area contributed by atoms with Crippen LogP contribution in [0.2, 0.25) is 15.1 Å². The van der Waals surface area contributed by atoms with E-state index in [1.54, 1.807) is 37.3 Å². The van der Waals surface area contributed by atoms with E-state index >= 15 is 0 Å². The molecule has 0 saturated carbocycles. The number of ether oxygens (including phenoxy) is 1. The van der Waals surface area contributed by atoms with Crippen LogP contribution in [0, 0.1) is 12.8 Å². The molecule has 0 radical (unpaired) electrons. The van der Waals surface area contributed by atoms with Crippen molar-refractivity contribution in [1.29, 1.82) is 0 Å². The van der Waals surface area contributed by atoms with Crippen LogP contribution >= 0.6 is 34.8 Å². The highest BCUT2D eigenvalue weighted by atomic mass is 35.5. The van der Waals surface area contributed by atoms with Crippen molar-refractivity contribution in [2.24, 2.45) is 5.92 Å². The second-order valence-electron chi connectivity index (χ2n) is 10.5. The number of sulfonamides is 1. The lowest BCUT2D eigenvalue weighted by molar-refractivity contribution is -0.140. The first-order valence-electron chi connectivity index (χ1n) is 13.7. The van der Waals surface area contributed by atoms with Crippen molar-refractivity contribution in [3.63, 3.8) is 0 Å². The van der Waals surface area contributed by atoms with Crippen molar-refractivity contribution in [3.05, 3.63) is 86.9 Å². The molecule has 232 valence electrons. The third-order valence-electron chi connectivity index (χ3n) is 6.74. The number of hydrogen-bond donors (Lipinski definition) is 1. The molecule has 0 aliphatic rings. The minimum Gasteiger partial charge on any atom is -0.495 e. The van der Waals surface area contributed by atoms with Gasteiger partial charge in [-0.25, -0.2) is 8.42 Å². The normalized spacial score (nSPS) is 12.1. The third-order valence-corrected chi connectivity index (χ3v) is 9.41. The summed E-state index contributed by atoms with van der Waals surface area (Å²) in [5.41, 5.74) is 1.58. The van der Waals surface area contributed by atoms with Gasteiger partial charge >= 0.3 is 0 Å². The molecule has 43 heavy (non-hydrogen) atoms. The molecular formula is C31H36Cl3N3O5S. The van der Waals surface area contributed by atoms with E-state index < -0.39 is 28.5 Å². The number of aryl methyl sites for hydroxylation is 1. The number of methoxy groups -OCH3 is 1. The van der Waals surface area contributed by atoms with E-state index in [1.165, 1.54) is 42.3 Å². The zero-order chi connectivity index (χ0) is 31.9. The number of benzene rings is 3. The SMILES string of the molecule is CC[C@H](C(=O)NCC(C)C)N(Cc1ccc(Cl)cc1Cl)C(=O)CN(c1ccc(OC)c(Cl)c1)S(=O)(=O)c1ccc(C)cc1. The fourth-order valence-electron chi connectivity index (χ4n) is 4.35. The highest BCUT2D eigenvalue weighted by molar-refractivity contribution is 7.92. The van der Waals surface area contributed by atoms with Gasteiger partial charge in [0.25, 0.3) is 10.0 Å². The molecule has 3 rings (SSSR count). The molecule has 0 aliphatic carbocycles. The van der Waals surface area contributed by atoms with E-state index in [2.05, 4.69) is 5.32 Å². The number of amides is 2.